The summed E-state index contributed by atoms with van der Waals surface area (Å²) >= 11 is 0. The van der Waals surface area contributed by atoms with Crippen LogP contribution in [0.4, 0.5) is 0 Å². The SMILES string of the molecule is CCCCCCCCCCCCCCCCc1ccc(C(CCCCCCCCCCCCCCC)c2ccc(CCCCCCCCCCCCCCCC)cc2)cc1. The molecule has 0 heterocycles. The highest BCUT2D eigenvalue weighted by atomic mass is 14.2. The van der Waals surface area contributed by atoms with Crippen molar-refractivity contribution in [2.45, 2.75) is 309 Å². The Balaban J connectivity index is 1.71. The van der Waals surface area contributed by atoms with E-state index in [1.54, 1.807) is 22.3 Å². The molecule has 0 aliphatic carbocycles. The molecule has 0 fully saturated rings. The average molecular weight is 828 g/mol. The van der Waals surface area contributed by atoms with Crippen LogP contribution >= 0.6 is 0 Å². The van der Waals surface area contributed by atoms with Crippen molar-refractivity contribution >= 4 is 0 Å². The van der Waals surface area contributed by atoms with Gasteiger partial charge in [-0.2, -0.15) is 0 Å². The molecule has 0 amide bonds. The molecule has 0 heteroatoms. The third-order valence-corrected chi connectivity index (χ3v) is 14.0. The molecule has 2 aromatic rings. The second kappa shape index (κ2) is 42.7. The van der Waals surface area contributed by atoms with Crippen molar-refractivity contribution in [2.75, 3.05) is 0 Å². The monoisotopic (exact) mass is 827 g/mol. The van der Waals surface area contributed by atoms with Crippen LogP contribution in [0.2, 0.25) is 0 Å². The first-order chi connectivity index (χ1) is 29.8. The van der Waals surface area contributed by atoms with Gasteiger partial charge in [-0.3, -0.25) is 0 Å². The highest BCUT2D eigenvalue weighted by Gasteiger charge is 2.15. The van der Waals surface area contributed by atoms with Crippen molar-refractivity contribution in [1.29, 1.82) is 0 Å². The van der Waals surface area contributed by atoms with E-state index in [0.717, 1.165) is 0 Å². The molecule has 0 saturated carbocycles. The Bertz CT molecular complexity index is 1030. The molecule has 0 aliphatic rings. The Morgan fingerprint density at radius 3 is 0.667 bits per heavy atom. The molecule has 2 aromatic carbocycles. The summed E-state index contributed by atoms with van der Waals surface area (Å²) in [7, 11) is 0. The van der Waals surface area contributed by atoms with Crippen molar-refractivity contribution in [2.24, 2.45) is 0 Å². The number of hydrogen-bond donors (Lipinski definition) is 0. The maximum atomic E-state index is 2.49. The van der Waals surface area contributed by atoms with E-state index in [1.165, 1.54) is 283 Å². The van der Waals surface area contributed by atoms with Crippen LogP contribution in [0.25, 0.3) is 0 Å². The molecule has 0 unspecified atom stereocenters. The van der Waals surface area contributed by atoms with Gasteiger partial charge in [0.1, 0.15) is 0 Å². The van der Waals surface area contributed by atoms with E-state index in [0.29, 0.717) is 5.92 Å². The summed E-state index contributed by atoms with van der Waals surface area (Å²) in [6.07, 6.45) is 62.5. The average Bonchev–Trinajstić information content (AvgIpc) is 3.27. The highest BCUT2D eigenvalue weighted by molar-refractivity contribution is 5.35. The maximum Gasteiger partial charge on any atom is 0.00893 e. The lowest BCUT2D eigenvalue weighted by Crippen LogP contribution is -2.02. The molecule has 0 aromatic heterocycles. The van der Waals surface area contributed by atoms with Gasteiger partial charge in [-0.25, -0.2) is 0 Å². The van der Waals surface area contributed by atoms with E-state index in [1.807, 2.05) is 0 Å². The number of unbranched alkanes of at least 4 members (excludes halogenated alkanes) is 38. The summed E-state index contributed by atoms with van der Waals surface area (Å²) < 4.78 is 0. The molecule has 0 atom stereocenters. The molecule has 0 nitrogen and oxygen atoms in total. The van der Waals surface area contributed by atoms with E-state index < -0.39 is 0 Å². The maximum absolute atomic E-state index is 2.49. The fraction of sp³-hybridized carbons (Fsp3) is 0.800. The van der Waals surface area contributed by atoms with Crippen LogP contribution in [-0.2, 0) is 12.8 Å². The van der Waals surface area contributed by atoms with Crippen LogP contribution in [0, 0.1) is 0 Å². The van der Waals surface area contributed by atoms with Crippen molar-refractivity contribution in [3.63, 3.8) is 0 Å². The zero-order chi connectivity index (χ0) is 42.7. The lowest BCUT2D eigenvalue weighted by Gasteiger charge is -2.19. The summed E-state index contributed by atoms with van der Waals surface area (Å²) in [5, 5.41) is 0. The molecule has 2 rings (SSSR count). The lowest BCUT2D eigenvalue weighted by atomic mass is 9.85. The topological polar surface area (TPSA) is 0 Å². The molecular weight excluding hydrogens is 721 g/mol. The molecule has 0 N–H and O–H groups in total. The first-order valence-electron chi connectivity index (χ1n) is 28.0. The van der Waals surface area contributed by atoms with Crippen LogP contribution < -0.4 is 0 Å². The summed E-state index contributed by atoms with van der Waals surface area (Å²) in [6, 6.07) is 19.9. The molecule has 0 spiro atoms. The summed E-state index contributed by atoms with van der Waals surface area (Å²) in [6.45, 7) is 6.94. The van der Waals surface area contributed by atoms with E-state index in [9.17, 15) is 0 Å². The molecule has 60 heavy (non-hydrogen) atoms. The molecule has 0 aliphatic heterocycles. The minimum Gasteiger partial charge on any atom is -0.0654 e. The molecule has 0 radical (unpaired) electrons. The Hall–Kier alpha value is -1.56. The quantitative estimate of drug-likeness (QED) is 0.0583. The first kappa shape index (κ1) is 54.6. The van der Waals surface area contributed by atoms with Crippen LogP contribution in [0.3, 0.4) is 0 Å². The number of aryl methyl sites for hydroxylation is 2. The second-order valence-electron chi connectivity index (χ2n) is 19.8. The van der Waals surface area contributed by atoms with Crippen molar-refractivity contribution in [3.8, 4) is 0 Å². The van der Waals surface area contributed by atoms with Gasteiger partial charge in [-0.1, -0.05) is 320 Å². The summed E-state index contributed by atoms with van der Waals surface area (Å²) in [5.74, 6) is 0.530. The van der Waals surface area contributed by atoms with Crippen LogP contribution in [0.5, 0.6) is 0 Å². The van der Waals surface area contributed by atoms with Crippen LogP contribution in [-0.4, -0.2) is 0 Å². The highest BCUT2D eigenvalue weighted by Crippen LogP contribution is 2.31. The molecule has 346 valence electrons. The van der Waals surface area contributed by atoms with Gasteiger partial charge in [-0.15, -0.1) is 0 Å². The zero-order valence-corrected chi connectivity index (χ0v) is 41.3. The second-order valence-corrected chi connectivity index (χ2v) is 19.8. The Kier molecular flexibility index (Phi) is 38.9. The summed E-state index contributed by atoms with van der Waals surface area (Å²) in [4.78, 5) is 0. The van der Waals surface area contributed by atoms with Gasteiger partial charge >= 0.3 is 0 Å². The van der Waals surface area contributed by atoms with Gasteiger partial charge in [-0.05, 0) is 54.4 Å². The van der Waals surface area contributed by atoms with Crippen molar-refractivity contribution in [1.82, 2.24) is 0 Å². The zero-order valence-electron chi connectivity index (χ0n) is 41.3. The third-order valence-electron chi connectivity index (χ3n) is 14.0. The predicted molar refractivity (Wildman–Crippen MR) is 273 cm³/mol. The van der Waals surface area contributed by atoms with Gasteiger partial charge in [0, 0.05) is 5.92 Å². The van der Waals surface area contributed by atoms with Crippen molar-refractivity contribution in [3.05, 3.63) is 70.8 Å². The fourth-order valence-corrected chi connectivity index (χ4v) is 9.77. The van der Waals surface area contributed by atoms with Gasteiger partial charge < -0.3 is 0 Å². The standard InChI is InChI=1S/C60H106/c1-4-7-10-13-16-19-22-25-28-30-33-36-39-42-45-56-48-52-58(53-49-56)60(47-44-41-38-35-32-27-24-21-18-15-12-9-6-3)59-54-50-57(51-55-59)46-43-40-37-34-31-29-26-23-20-17-14-11-8-5-2/h48-55,60H,4-47H2,1-3H3. The van der Waals surface area contributed by atoms with E-state index in [2.05, 4.69) is 69.3 Å². The van der Waals surface area contributed by atoms with Gasteiger partial charge in [0.15, 0.2) is 0 Å². The molecule has 0 bridgehead atoms. The Labute approximate surface area is 378 Å². The van der Waals surface area contributed by atoms with Gasteiger partial charge in [0.2, 0.25) is 0 Å². The predicted octanol–water partition coefficient (Wildman–Crippen LogP) is 21.3. The lowest BCUT2D eigenvalue weighted by molar-refractivity contribution is 0.530. The van der Waals surface area contributed by atoms with Crippen LogP contribution in [0.1, 0.15) is 319 Å². The largest absolute Gasteiger partial charge is 0.0654 e. The van der Waals surface area contributed by atoms with E-state index in [-0.39, 0.29) is 0 Å². The van der Waals surface area contributed by atoms with Gasteiger partial charge in [0.05, 0.1) is 0 Å². The van der Waals surface area contributed by atoms with E-state index in [4.69, 9.17) is 0 Å². The minimum atomic E-state index is 0.530. The minimum absolute atomic E-state index is 0.530. The number of benzene rings is 2. The smallest absolute Gasteiger partial charge is 0.00893 e. The van der Waals surface area contributed by atoms with Crippen LogP contribution in [0.15, 0.2) is 48.5 Å². The van der Waals surface area contributed by atoms with Crippen molar-refractivity contribution < 1.29 is 0 Å². The Morgan fingerprint density at radius 2 is 0.433 bits per heavy atom. The number of hydrogen-bond acceptors (Lipinski definition) is 0. The molecule has 0 saturated heterocycles. The Morgan fingerprint density at radius 1 is 0.233 bits per heavy atom. The van der Waals surface area contributed by atoms with Gasteiger partial charge in [0.25, 0.3) is 0 Å². The third kappa shape index (κ3) is 32.2. The fourth-order valence-electron chi connectivity index (χ4n) is 9.77. The number of rotatable bonds is 46. The molecular formula is C60H106. The first-order valence-corrected chi connectivity index (χ1v) is 28.0. The summed E-state index contributed by atoms with van der Waals surface area (Å²) in [5.41, 5.74) is 6.17. The normalized spacial score (nSPS) is 11.7. The van der Waals surface area contributed by atoms with E-state index >= 15 is 0 Å².